The molecule has 0 bridgehead atoms. The van der Waals surface area contributed by atoms with Crippen LogP contribution in [0.4, 0.5) is 0 Å². The Bertz CT molecular complexity index is 1540. The monoisotopic (exact) mass is 846 g/mol. The molecular weight excluding hydrogens is 785 g/mol. The maximum atomic E-state index is 12.5. The summed E-state index contributed by atoms with van der Waals surface area (Å²) in [6.07, 6.45) is -0.431. The number of nitrogens with one attached hydrogen (secondary N) is 1. The van der Waals surface area contributed by atoms with E-state index >= 15 is 0 Å². The Hall–Kier alpha value is -3.41. The molecule has 2 rings (SSSR count). The van der Waals surface area contributed by atoms with Crippen LogP contribution in [-0.4, -0.2) is 113 Å². The maximum Gasteiger partial charge on any atom is 0.357 e. The van der Waals surface area contributed by atoms with Crippen molar-refractivity contribution in [1.29, 1.82) is 0 Å². The molecule has 2 heterocycles. The highest BCUT2D eigenvalue weighted by Crippen LogP contribution is 2.31. The van der Waals surface area contributed by atoms with E-state index in [1.807, 2.05) is 48.6 Å². The van der Waals surface area contributed by atoms with Crippen LogP contribution in [0, 0.1) is 23.7 Å². The fourth-order valence-corrected chi connectivity index (χ4v) is 6.84. The number of aliphatic imine (C=N–C) groups is 1. The second-order valence-corrected chi connectivity index (χ2v) is 15.7. The molecule has 0 unspecified atom stereocenters. The lowest BCUT2D eigenvalue weighted by atomic mass is 9.95. The summed E-state index contributed by atoms with van der Waals surface area (Å²) in [6, 6.07) is -0.180. The third-order valence-corrected chi connectivity index (χ3v) is 10.4. The van der Waals surface area contributed by atoms with Crippen molar-refractivity contribution in [2.24, 2.45) is 28.7 Å². The molecule has 55 heavy (non-hydrogen) atoms. The summed E-state index contributed by atoms with van der Waals surface area (Å²) in [5.74, 6) is -0.705. The topological polar surface area (TPSA) is 173 Å². The van der Waals surface area contributed by atoms with Crippen molar-refractivity contribution in [3.63, 3.8) is 0 Å². The van der Waals surface area contributed by atoms with Gasteiger partial charge in [0.25, 0.3) is 5.17 Å². The number of hydrogen-bond acceptors (Lipinski definition) is 15. The molecule has 0 fully saturated rings. The summed E-state index contributed by atoms with van der Waals surface area (Å²) in [4.78, 5) is 63.1. The van der Waals surface area contributed by atoms with Crippen molar-refractivity contribution in [3.8, 4) is 0 Å². The minimum Gasteiger partial charge on any atom is -0.464 e. The van der Waals surface area contributed by atoms with E-state index in [0.717, 1.165) is 0 Å². The number of hydrogen-bond donors (Lipinski definition) is 2. The number of esters is 2. The first kappa shape index (κ1) is 53.7. The lowest BCUT2D eigenvalue weighted by Crippen LogP contribution is -2.43. The van der Waals surface area contributed by atoms with E-state index in [1.54, 1.807) is 41.7 Å². The third kappa shape index (κ3) is 17.9. The molecule has 0 spiro atoms. The summed E-state index contributed by atoms with van der Waals surface area (Å²) >= 11 is 11.8. The van der Waals surface area contributed by atoms with Crippen molar-refractivity contribution < 1.29 is 38.5 Å². The molecule has 4 atom stereocenters. The first-order chi connectivity index (χ1) is 25.2. The molecule has 2 aromatic rings. The van der Waals surface area contributed by atoms with E-state index in [9.17, 15) is 24.3 Å². The van der Waals surface area contributed by atoms with Gasteiger partial charge < -0.3 is 34.4 Å². The van der Waals surface area contributed by atoms with E-state index in [1.165, 1.54) is 36.9 Å². The van der Waals surface area contributed by atoms with Gasteiger partial charge in [-0.15, -0.1) is 22.7 Å². The SMILES string of the molecule is C.CN=C=S.CNC(=S)O[C@H](C[C@H](C(C)C)N(C)C(=O)C(C)C)c1nc(C(=O)OC)cs1.COC(=O)c1csc([C@H](O)C[C@H](C(C)C)N(C)C(=O)C(C)C)n1. The number of thiazole rings is 2. The number of aliphatic hydroxyl groups excluding tert-OH is 1. The van der Waals surface area contributed by atoms with Gasteiger partial charge in [-0.1, -0.05) is 62.8 Å². The molecule has 2 N–H and O–H groups in total. The number of amides is 2. The molecule has 0 aliphatic carbocycles. The smallest absolute Gasteiger partial charge is 0.357 e. The lowest BCUT2D eigenvalue weighted by molar-refractivity contribution is -0.137. The average Bonchev–Trinajstić information content (AvgIpc) is 3.85. The Morgan fingerprint density at radius 3 is 1.56 bits per heavy atom. The molecule has 0 aliphatic rings. The maximum absolute atomic E-state index is 12.5. The highest BCUT2D eigenvalue weighted by molar-refractivity contribution is 7.80. The molecule has 0 aromatic carbocycles. The van der Waals surface area contributed by atoms with E-state index in [-0.39, 0.29) is 71.6 Å². The Kier molecular flexibility index (Phi) is 26.6. The Morgan fingerprint density at radius 1 is 0.836 bits per heavy atom. The van der Waals surface area contributed by atoms with E-state index in [2.05, 4.69) is 56.2 Å². The number of isothiocyanates is 1. The Morgan fingerprint density at radius 2 is 1.22 bits per heavy atom. The number of carbonyl (C=O) groups excluding carboxylic acids is 4. The van der Waals surface area contributed by atoms with Gasteiger partial charge in [-0.3, -0.25) is 9.59 Å². The molecule has 2 amide bonds. The quantitative estimate of drug-likeness (QED) is 0.108. The van der Waals surface area contributed by atoms with Gasteiger partial charge in [0.05, 0.1) is 19.4 Å². The zero-order chi connectivity index (χ0) is 41.9. The van der Waals surface area contributed by atoms with E-state index in [0.29, 0.717) is 22.9 Å². The van der Waals surface area contributed by atoms with Gasteiger partial charge in [0.15, 0.2) is 17.5 Å². The summed E-state index contributed by atoms with van der Waals surface area (Å²) in [6.45, 7) is 15.6. The molecule has 18 heteroatoms. The summed E-state index contributed by atoms with van der Waals surface area (Å²) in [5.41, 5.74) is 0.424. The van der Waals surface area contributed by atoms with Crippen molar-refractivity contribution in [1.82, 2.24) is 25.1 Å². The fraction of sp³-hybridized carbons (Fsp3) is 0.676. The number of nitrogens with zero attached hydrogens (tertiary/aromatic N) is 5. The first-order valence-electron chi connectivity index (χ1n) is 17.4. The molecule has 0 aliphatic heterocycles. The van der Waals surface area contributed by atoms with Crippen LogP contribution in [0.2, 0.25) is 0 Å². The van der Waals surface area contributed by atoms with Crippen LogP contribution in [-0.2, 0) is 23.8 Å². The van der Waals surface area contributed by atoms with Crippen molar-refractivity contribution in [2.75, 3.05) is 42.4 Å². The fourth-order valence-electron chi connectivity index (χ4n) is 5.11. The van der Waals surface area contributed by atoms with Crippen molar-refractivity contribution in [3.05, 3.63) is 32.2 Å². The molecule has 0 saturated heterocycles. The van der Waals surface area contributed by atoms with E-state index < -0.39 is 24.1 Å². The second-order valence-electron chi connectivity index (χ2n) is 13.4. The molecular formula is C37H62N6O8S4. The molecule has 0 radical (unpaired) electrons. The van der Waals surface area contributed by atoms with E-state index in [4.69, 9.17) is 21.7 Å². The van der Waals surface area contributed by atoms with Gasteiger partial charge in [-0.2, -0.15) is 0 Å². The molecule has 312 valence electrons. The number of ether oxygens (including phenoxy) is 3. The van der Waals surface area contributed by atoms with Gasteiger partial charge >= 0.3 is 11.9 Å². The number of thiocarbonyl (C=S) groups is 2. The number of carbonyl (C=O) groups is 4. The van der Waals surface area contributed by atoms with Gasteiger partial charge in [0.1, 0.15) is 16.1 Å². The minimum absolute atomic E-state index is 0. The second kappa shape index (κ2) is 27.2. The van der Waals surface area contributed by atoms with Crippen LogP contribution >= 0.6 is 47.1 Å². The number of aliphatic hydroxyl groups is 1. The highest BCUT2D eigenvalue weighted by atomic mass is 32.1. The van der Waals surface area contributed by atoms with Crippen LogP contribution in [0.15, 0.2) is 15.8 Å². The van der Waals surface area contributed by atoms with Crippen LogP contribution in [0.3, 0.4) is 0 Å². The summed E-state index contributed by atoms with van der Waals surface area (Å²) in [5, 5.41) is 19.9. The third-order valence-electron chi connectivity index (χ3n) is 8.08. The minimum atomic E-state index is -0.826. The standard InChI is InChI=1S/C18H29N3O4S2.C16H26N2O4S.C2H3NS.CH4/c1-10(2)13(21(6)16(22)11(3)4)8-14(25-18(26)19-5)15-20-12(9-27-15)17(23)24-7;1-9(2)12(18(5)15(20)10(3)4)7-13(19)14-17-11(8-23-14)16(21)22-6;1-3-2-4;/h9-11,13-14H,8H2,1-7H3,(H,19,26);8-10,12-13,19H,7H2,1-6H3;1H3;1H4/t13-,14-;12-,13-;;/m11../s1. The zero-order valence-corrected chi connectivity index (χ0v) is 37.1. The predicted molar refractivity (Wildman–Crippen MR) is 227 cm³/mol. The van der Waals surface area contributed by atoms with Gasteiger partial charge in [0.2, 0.25) is 11.8 Å². The lowest BCUT2D eigenvalue weighted by Gasteiger charge is -2.34. The largest absolute Gasteiger partial charge is 0.464 e. The van der Waals surface area contributed by atoms with Gasteiger partial charge in [0, 0.05) is 75.7 Å². The summed E-state index contributed by atoms with van der Waals surface area (Å²) in [7, 11) is 9.44. The zero-order valence-electron chi connectivity index (χ0n) is 33.9. The van der Waals surface area contributed by atoms with Crippen LogP contribution < -0.4 is 5.32 Å². The molecule has 2 aromatic heterocycles. The van der Waals surface area contributed by atoms with Gasteiger partial charge in [-0.25, -0.2) is 24.5 Å². The number of methoxy groups -OCH3 is 2. The van der Waals surface area contributed by atoms with Crippen LogP contribution in [0.5, 0.6) is 0 Å². The molecule has 14 nitrogen and oxygen atoms in total. The van der Waals surface area contributed by atoms with Crippen LogP contribution in [0.25, 0.3) is 0 Å². The first-order valence-corrected chi connectivity index (χ1v) is 19.9. The number of aromatic nitrogens is 2. The van der Waals surface area contributed by atoms with Crippen LogP contribution in [0.1, 0.15) is 119 Å². The predicted octanol–water partition coefficient (Wildman–Crippen LogP) is 6.87. The summed E-state index contributed by atoms with van der Waals surface area (Å²) < 4.78 is 15.2. The average molecular weight is 847 g/mol. The highest BCUT2D eigenvalue weighted by Gasteiger charge is 2.32. The van der Waals surface area contributed by atoms with Gasteiger partial charge in [-0.05, 0) is 36.3 Å². The van der Waals surface area contributed by atoms with Crippen molar-refractivity contribution in [2.45, 2.75) is 99.9 Å². The Labute approximate surface area is 346 Å². The Balaban J connectivity index is 0. The normalized spacial score (nSPS) is 12.6. The van der Waals surface area contributed by atoms with Crippen molar-refractivity contribution >= 4 is 81.2 Å². The number of rotatable bonds is 15. The molecule has 0 saturated carbocycles.